The van der Waals surface area contributed by atoms with E-state index in [-0.39, 0.29) is 18.3 Å². The molecule has 1 aliphatic rings. The van der Waals surface area contributed by atoms with E-state index >= 15 is 0 Å². The maximum atomic E-state index is 9.29. The summed E-state index contributed by atoms with van der Waals surface area (Å²) in [4.78, 5) is 2.17. The van der Waals surface area contributed by atoms with Gasteiger partial charge in [-0.05, 0) is 32.0 Å². The maximum Gasteiger partial charge on any atom is 0.0988 e. The minimum absolute atomic E-state index is 0.0182. The van der Waals surface area contributed by atoms with Gasteiger partial charge in [0.2, 0.25) is 0 Å². The minimum atomic E-state index is -0.290. The molecule has 1 heterocycles. The van der Waals surface area contributed by atoms with Crippen molar-refractivity contribution < 1.29 is 9.84 Å². The van der Waals surface area contributed by atoms with Gasteiger partial charge in [-0.15, -0.1) is 0 Å². The van der Waals surface area contributed by atoms with Gasteiger partial charge >= 0.3 is 0 Å². The van der Waals surface area contributed by atoms with E-state index in [0.29, 0.717) is 17.9 Å². The predicted octanol–water partition coefficient (Wildman–Crippen LogP) is 0.827. The third-order valence-corrected chi connectivity index (χ3v) is 3.12. The Morgan fingerprint density at radius 3 is 2.72 bits per heavy atom. The first kappa shape index (κ1) is 13.0. The van der Waals surface area contributed by atoms with E-state index in [9.17, 15) is 5.11 Å². The van der Waals surface area contributed by atoms with Crippen LogP contribution in [0.4, 0.5) is 17.1 Å². The summed E-state index contributed by atoms with van der Waals surface area (Å²) >= 11 is 0. The van der Waals surface area contributed by atoms with Crippen LogP contribution in [0.3, 0.4) is 0 Å². The molecule has 1 fully saturated rings. The first-order valence-electron chi connectivity index (χ1n) is 6.10. The summed E-state index contributed by atoms with van der Waals surface area (Å²) in [7, 11) is 0. The largest absolute Gasteiger partial charge is 0.397 e. The molecule has 1 aliphatic heterocycles. The standard InChI is InChI=1S/C13H21N3O2/c1-13(2)8-16(6-10(7-17)18-13)9-3-4-11(14)12(15)5-9/h3-5,10,17H,6-8,14-15H2,1-2H3. The number of aliphatic hydroxyl groups excluding tert-OH is 1. The normalized spacial score (nSPS) is 23.1. The van der Waals surface area contributed by atoms with E-state index < -0.39 is 0 Å². The predicted molar refractivity (Wildman–Crippen MR) is 73.5 cm³/mol. The lowest BCUT2D eigenvalue weighted by Crippen LogP contribution is -2.54. The second kappa shape index (κ2) is 4.66. The lowest BCUT2D eigenvalue weighted by molar-refractivity contribution is -0.101. The highest BCUT2D eigenvalue weighted by molar-refractivity contribution is 5.70. The Morgan fingerprint density at radius 2 is 2.11 bits per heavy atom. The summed E-state index contributed by atoms with van der Waals surface area (Å²) in [6.45, 7) is 5.46. The highest BCUT2D eigenvalue weighted by Gasteiger charge is 2.33. The van der Waals surface area contributed by atoms with Gasteiger partial charge < -0.3 is 26.2 Å². The third kappa shape index (κ3) is 2.68. The Morgan fingerprint density at radius 1 is 1.39 bits per heavy atom. The molecule has 0 aliphatic carbocycles. The lowest BCUT2D eigenvalue weighted by atomic mass is 10.0. The third-order valence-electron chi connectivity index (χ3n) is 3.12. The topological polar surface area (TPSA) is 84.7 Å². The summed E-state index contributed by atoms with van der Waals surface area (Å²) in [5.74, 6) is 0. The monoisotopic (exact) mass is 251 g/mol. The average molecular weight is 251 g/mol. The number of nitrogen functional groups attached to an aromatic ring is 2. The fraction of sp³-hybridized carbons (Fsp3) is 0.538. The fourth-order valence-corrected chi connectivity index (χ4v) is 2.35. The molecule has 1 atom stereocenters. The van der Waals surface area contributed by atoms with Gasteiger partial charge in [-0.3, -0.25) is 0 Å². The van der Waals surface area contributed by atoms with E-state index in [2.05, 4.69) is 4.90 Å². The lowest BCUT2D eigenvalue weighted by Gasteiger charge is -2.43. The van der Waals surface area contributed by atoms with Crippen LogP contribution >= 0.6 is 0 Å². The molecule has 2 rings (SSSR count). The van der Waals surface area contributed by atoms with Crippen LogP contribution in [0.15, 0.2) is 18.2 Å². The number of nitrogens with zero attached hydrogens (tertiary/aromatic N) is 1. The zero-order valence-electron chi connectivity index (χ0n) is 10.9. The highest BCUT2D eigenvalue weighted by Crippen LogP contribution is 2.28. The maximum absolute atomic E-state index is 9.29. The Hall–Kier alpha value is -1.46. The molecule has 18 heavy (non-hydrogen) atoms. The second-order valence-corrected chi connectivity index (χ2v) is 5.38. The van der Waals surface area contributed by atoms with Gasteiger partial charge in [0.1, 0.15) is 0 Å². The first-order valence-corrected chi connectivity index (χ1v) is 6.10. The quantitative estimate of drug-likeness (QED) is 0.678. The van der Waals surface area contributed by atoms with Crippen LogP contribution in [0.2, 0.25) is 0 Å². The van der Waals surface area contributed by atoms with Crippen LogP contribution in [-0.4, -0.2) is 36.5 Å². The molecule has 5 nitrogen and oxygen atoms in total. The highest BCUT2D eigenvalue weighted by atomic mass is 16.5. The number of rotatable bonds is 2. The molecule has 0 spiro atoms. The Bertz CT molecular complexity index is 434. The number of anilines is 3. The molecule has 0 amide bonds. The zero-order valence-corrected chi connectivity index (χ0v) is 10.9. The molecule has 0 saturated carbocycles. The number of morpholine rings is 1. The van der Waals surface area contributed by atoms with E-state index in [4.69, 9.17) is 16.2 Å². The number of aliphatic hydroxyl groups is 1. The number of benzene rings is 1. The SMILES string of the molecule is CC1(C)CN(c2ccc(N)c(N)c2)CC(CO)O1. The second-order valence-electron chi connectivity index (χ2n) is 5.38. The van der Waals surface area contributed by atoms with Gasteiger partial charge in [0.05, 0.1) is 29.7 Å². The molecule has 1 aromatic carbocycles. The van der Waals surface area contributed by atoms with Crippen molar-refractivity contribution in [3.63, 3.8) is 0 Å². The minimum Gasteiger partial charge on any atom is -0.397 e. The Labute approximate surface area is 107 Å². The van der Waals surface area contributed by atoms with Crippen molar-refractivity contribution in [2.45, 2.75) is 25.6 Å². The van der Waals surface area contributed by atoms with Crippen molar-refractivity contribution in [2.24, 2.45) is 0 Å². The summed E-state index contributed by atoms with van der Waals surface area (Å²) in [6, 6.07) is 5.62. The number of ether oxygens (including phenoxy) is 1. The fourth-order valence-electron chi connectivity index (χ4n) is 2.35. The van der Waals surface area contributed by atoms with Gasteiger partial charge in [0.15, 0.2) is 0 Å². The van der Waals surface area contributed by atoms with Gasteiger partial charge in [0, 0.05) is 18.8 Å². The molecule has 100 valence electrons. The summed E-state index contributed by atoms with van der Waals surface area (Å²) in [5, 5.41) is 9.29. The zero-order chi connectivity index (χ0) is 13.3. The number of hydrogen-bond donors (Lipinski definition) is 3. The molecule has 1 saturated heterocycles. The van der Waals surface area contributed by atoms with Gasteiger partial charge in [0.25, 0.3) is 0 Å². The van der Waals surface area contributed by atoms with Crippen molar-refractivity contribution in [3.05, 3.63) is 18.2 Å². The van der Waals surface area contributed by atoms with E-state index in [1.807, 2.05) is 26.0 Å². The summed E-state index contributed by atoms with van der Waals surface area (Å²) in [6.07, 6.45) is -0.174. The van der Waals surface area contributed by atoms with Crippen molar-refractivity contribution in [1.29, 1.82) is 0 Å². The van der Waals surface area contributed by atoms with Crippen LogP contribution in [0, 0.1) is 0 Å². The van der Waals surface area contributed by atoms with Crippen LogP contribution in [0.5, 0.6) is 0 Å². The molecular weight excluding hydrogens is 230 g/mol. The Kier molecular flexibility index (Phi) is 3.36. The molecular formula is C13H21N3O2. The number of hydrogen-bond acceptors (Lipinski definition) is 5. The smallest absolute Gasteiger partial charge is 0.0988 e. The molecule has 0 bridgehead atoms. The molecule has 1 unspecified atom stereocenters. The number of nitrogens with two attached hydrogens (primary N) is 2. The Balaban J connectivity index is 2.23. The van der Waals surface area contributed by atoms with Crippen LogP contribution < -0.4 is 16.4 Å². The van der Waals surface area contributed by atoms with Crippen LogP contribution in [0.1, 0.15) is 13.8 Å². The van der Waals surface area contributed by atoms with Crippen molar-refractivity contribution in [1.82, 2.24) is 0 Å². The first-order chi connectivity index (χ1) is 8.41. The van der Waals surface area contributed by atoms with Crippen molar-refractivity contribution in [3.8, 4) is 0 Å². The summed E-state index contributed by atoms with van der Waals surface area (Å²) < 4.78 is 5.78. The van der Waals surface area contributed by atoms with Crippen molar-refractivity contribution in [2.75, 3.05) is 36.1 Å². The summed E-state index contributed by atoms with van der Waals surface area (Å²) in [5.41, 5.74) is 13.4. The van der Waals surface area contributed by atoms with Gasteiger partial charge in [-0.25, -0.2) is 0 Å². The van der Waals surface area contributed by atoms with Crippen molar-refractivity contribution >= 4 is 17.1 Å². The van der Waals surface area contributed by atoms with Crippen LogP contribution in [-0.2, 0) is 4.74 Å². The molecule has 0 radical (unpaired) electrons. The van der Waals surface area contributed by atoms with E-state index in [1.165, 1.54) is 0 Å². The molecule has 0 aromatic heterocycles. The molecule has 5 N–H and O–H groups in total. The van der Waals surface area contributed by atoms with E-state index in [0.717, 1.165) is 12.2 Å². The average Bonchev–Trinajstić information content (AvgIpc) is 2.30. The molecule has 1 aromatic rings. The van der Waals surface area contributed by atoms with E-state index in [1.54, 1.807) is 6.07 Å². The van der Waals surface area contributed by atoms with Gasteiger partial charge in [-0.1, -0.05) is 0 Å². The molecule has 5 heteroatoms. The van der Waals surface area contributed by atoms with Crippen LogP contribution in [0.25, 0.3) is 0 Å². The van der Waals surface area contributed by atoms with Gasteiger partial charge in [-0.2, -0.15) is 0 Å².